The van der Waals surface area contributed by atoms with Crippen molar-refractivity contribution >= 4 is 34.3 Å². The molecule has 36 heavy (non-hydrogen) atoms. The van der Waals surface area contributed by atoms with Crippen molar-refractivity contribution in [1.29, 1.82) is 0 Å². The number of hydrogen-bond acceptors (Lipinski definition) is 5. The van der Waals surface area contributed by atoms with Gasteiger partial charge in [0.05, 0.1) is 11.1 Å². The van der Waals surface area contributed by atoms with Crippen LogP contribution in [-0.2, 0) is 6.54 Å². The van der Waals surface area contributed by atoms with Crippen LogP contribution in [0.15, 0.2) is 78.9 Å². The summed E-state index contributed by atoms with van der Waals surface area (Å²) < 4.78 is 14.0. The molecule has 8 heteroatoms. The van der Waals surface area contributed by atoms with Gasteiger partial charge in [0.25, 0.3) is 5.91 Å². The highest BCUT2D eigenvalue weighted by Crippen LogP contribution is 2.27. The van der Waals surface area contributed by atoms with Gasteiger partial charge in [0.2, 0.25) is 0 Å². The minimum atomic E-state index is -1.06. The summed E-state index contributed by atoms with van der Waals surface area (Å²) in [5.74, 6) is -0.953. The first-order chi connectivity index (χ1) is 17.5. The fourth-order valence-electron chi connectivity index (χ4n) is 4.42. The lowest BCUT2D eigenvalue weighted by atomic mass is 10.1. The van der Waals surface area contributed by atoms with Gasteiger partial charge >= 0.3 is 5.97 Å². The molecule has 0 atom stereocenters. The Kier molecular flexibility index (Phi) is 6.60. The second-order valence-corrected chi connectivity index (χ2v) is 8.74. The zero-order valence-corrected chi connectivity index (χ0v) is 19.5. The number of nitrogens with one attached hydrogen (secondary N) is 1. The van der Waals surface area contributed by atoms with Gasteiger partial charge < -0.3 is 15.3 Å². The van der Waals surface area contributed by atoms with E-state index >= 15 is 0 Å². The molecule has 2 heterocycles. The average molecular weight is 485 g/mol. The average Bonchev–Trinajstić information content (AvgIpc) is 2.90. The molecule has 7 nitrogen and oxygen atoms in total. The van der Waals surface area contributed by atoms with Crippen LogP contribution in [-0.4, -0.2) is 53.0 Å². The van der Waals surface area contributed by atoms with Crippen LogP contribution in [0.3, 0.4) is 0 Å². The molecule has 4 aromatic rings. The van der Waals surface area contributed by atoms with Gasteiger partial charge in [-0.3, -0.25) is 9.69 Å². The zero-order chi connectivity index (χ0) is 25.1. The highest BCUT2D eigenvalue weighted by molar-refractivity contribution is 6.08. The van der Waals surface area contributed by atoms with E-state index in [-0.39, 0.29) is 17.3 Å². The van der Waals surface area contributed by atoms with E-state index in [1.54, 1.807) is 60.7 Å². The van der Waals surface area contributed by atoms with E-state index in [0.29, 0.717) is 66.3 Å². The molecular weight excluding hydrogens is 459 g/mol. The number of nitrogens with zero attached hydrogens (tertiary/aromatic N) is 3. The van der Waals surface area contributed by atoms with E-state index in [2.05, 4.69) is 15.1 Å². The van der Waals surface area contributed by atoms with Crippen LogP contribution >= 0.6 is 0 Å². The molecule has 1 aliphatic heterocycles. The van der Waals surface area contributed by atoms with Crippen LogP contribution < -0.4 is 10.2 Å². The van der Waals surface area contributed by atoms with Crippen LogP contribution in [0.4, 0.5) is 15.9 Å². The Balaban J connectivity index is 1.34. The predicted molar refractivity (Wildman–Crippen MR) is 137 cm³/mol. The molecule has 182 valence electrons. The first-order valence-corrected chi connectivity index (χ1v) is 11.7. The maximum atomic E-state index is 14.0. The van der Waals surface area contributed by atoms with Crippen molar-refractivity contribution in [2.75, 3.05) is 36.4 Å². The predicted octanol–water partition coefficient (Wildman–Crippen LogP) is 4.65. The molecule has 1 aromatic heterocycles. The van der Waals surface area contributed by atoms with Crippen molar-refractivity contribution in [2.45, 2.75) is 6.54 Å². The van der Waals surface area contributed by atoms with Crippen molar-refractivity contribution in [3.05, 3.63) is 101 Å². The number of benzene rings is 3. The number of carbonyl (C=O) groups is 2. The minimum Gasteiger partial charge on any atom is -0.478 e. The fourth-order valence-corrected chi connectivity index (χ4v) is 4.42. The molecule has 0 radical (unpaired) electrons. The van der Waals surface area contributed by atoms with Crippen molar-refractivity contribution < 1.29 is 19.1 Å². The molecule has 1 amide bonds. The monoisotopic (exact) mass is 484 g/mol. The lowest BCUT2D eigenvalue weighted by molar-refractivity contribution is 0.0698. The molecule has 0 spiro atoms. The number of halogens is 1. The van der Waals surface area contributed by atoms with E-state index in [1.807, 2.05) is 12.1 Å². The van der Waals surface area contributed by atoms with Crippen LogP contribution in [0.1, 0.15) is 26.3 Å². The number of carboxylic acids is 1. The van der Waals surface area contributed by atoms with Crippen molar-refractivity contribution in [3.63, 3.8) is 0 Å². The Hall–Kier alpha value is -4.30. The number of aromatic nitrogens is 1. The molecule has 1 saturated heterocycles. The van der Waals surface area contributed by atoms with Crippen molar-refractivity contribution in [3.8, 4) is 0 Å². The maximum absolute atomic E-state index is 14.0. The molecule has 0 saturated carbocycles. The Bertz CT molecular complexity index is 1420. The fraction of sp³-hybridized carbons (Fsp3) is 0.179. The summed E-state index contributed by atoms with van der Waals surface area (Å²) >= 11 is 0. The van der Waals surface area contributed by atoms with Gasteiger partial charge in [0, 0.05) is 54.9 Å². The van der Waals surface area contributed by atoms with Gasteiger partial charge in [-0.2, -0.15) is 0 Å². The number of carboxylic acid groups (broad SMARTS) is 1. The summed E-state index contributed by atoms with van der Waals surface area (Å²) in [4.78, 5) is 33.6. The summed E-state index contributed by atoms with van der Waals surface area (Å²) in [7, 11) is 0. The lowest BCUT2D eigenvalue weighted by Gasteiger charge is -2.35. The largest absolute Gasteiger partial charge is 0.478 e. The molecule has 2 N–H and O–H groups in total. The molecule has 0 unspecified atom stereocenters. The maximum Gasteiger partial charge on any atom is 0.336 e. The second-order valence-electron chi connectivity index (χ2n) is 8.74. The zero-order valence-electron chi connectivity index (χ0n) is 19.5. The summed E-state index contributed by atoms with van der Waals surface area (Å²) in [6.45, 7) is 3.25. The Morgan fingerprint density at radius 3 is 2.36 bits per heavy atom. The molecule has 0 bridgehead atoms. The Labute approximate surface area is 207 Å². The van der Waals surface area contributed by atoms with Crippen LogP contribution in [0.5, 0.6) is 0 Å². The van der Waals surface area contributed by atoms with Gasteiger partial charge in [0.15, 0.2) is 0 Å². The van der Waals surface area contributed by atoms with Gasteiger partial charge in [0.1, 0.15) is 11.6 Å². The highest BCUT2D eigenvalue weighted by atomic mass is 19.1. The van der Waals surface area contributed by atoms with E-state index in [0.717, 1.165) is 0 Å². The smallest absolute Gasteiger partial charge is 0.336 e. The van der Waals surface area contributed by atoms with Gasteiger partial charge in [-0.15, -0.1) is 0 Å². The number of pyridine rings is 1. The number of carbonyl (C=O) groups excluding carboxylic acids is 1. The highest BCUT2D eigenvalue weighted by Gasteiger charge is 2.22. The van der Waals surface area contributed by atoms with E-state index in [9.17, 15) is 19.1 Å². The number of aromatic carboxylic acids is 1. The summed E-state index contributed by atoms with van der Waals surface area (Å²) in [5.41, 5.74) is 2.34. The Morgan fingerprint density at radius 1 is 0.917 bits per heavy atom. The third-order valence-corrected chi connectivity index (χ3v) is 6.37. The van der Waals surface area contributed by atoms with Crippen LogP contribution in [0, 0.1) is 5.82 Å². The Morgan fingerprint density at radius 2 is 1.64 bits per heavy atom. The molecule has 1 fully saturated rings. The van der Waals surface area contributed by atoms with Gasteiger partial charge in [-0.1, -0.05) is 36.4 Å². The summed E-state index contributed by atoms with van der Waals surface area (Å²) in [6.07, 6.45) is 0. The van der Waals surface area contributed by atoms with E-state index in [1.165, 1.54) is 6.07 Å². The first-order valence-electron chi connectivity index (χ1n) is 11.7. The number of piperazine rings is 1. The van der Waals surface area contributed by atoms with Gasteiger partial charge in [-0.25, -0.2) is 14.2 Å². The number of hydrogen-bond donors (Lipinski definition) is 2. The molecule has 5 rings (SSSR count). The lowest BCUT2D eigenvalue weighted by Crippen LogP contribution is -2.46. The molecule has 0 aliphatic carbocycles. The third-order valence-electron chi connectivity index (χ3n) is 6.37. The van der Waals surface area contributed by atoms with Crippen LogP contribution in [0.25, 0.3) is 10.9 Å². The summed E-state index contributed by atoms with van der Waals surface area (Å²) in [5, 5.41) is 13.2. The standard InChI is InChI=1S/C28H25FN4O3/c29-24-9-5-4-8-20(24)18-32-12-14-33(15-13-32)26-17-23(28(35)36)22-16-21(10-11-25(22)31-26)30-27(34)19-6-2-1-3-7-19/h1-11,16-17H,12-15,18H2,(H,30,34)(H,35,36). The van der Waals surface area contributed by atoms with E-state index in [4.69, 9.17) is 4.98 Å². The quantitative estimate of drug-likeness (QED) is 0.415. The number of rotatable bonds is 6. The molecular formula is C28H25FN4O3. The van der Waals surface area contributed by atoms with E-state index < -0.39 is 5.97 Å². The number of fused-ring (bicyclic) bond motifs is 1. The van der Waals surface area contributed by atoms with Crippen molar-refractivity contribution in [2.24, 2.45) is 0 Å². The first kappa shape index (κ1) is 23.4. The van der Waals surface area contributed by atoms with Crippen LogP contribution in [0.2, 0.25) is 0 Å². The second kappa shape index (κ2) is 10.1. The topological polar surface area (TPSA) is 85.8 Å². The van der Waals surface area contributed by atoms with Crippen molar-refractivity contribution in [1.82, 2.24) is 9.88 Å². The third kappa shape index (κ3) is 5.04. The number of amides is 1. The normalized spacial score (nSPS) is 14.1. The molecule has 1 aliphatic rings. The van der Waals surface area contributed by atoms with Gasteiger partial charge in [-0.05, 0) is 42.5 Å². The molecule has 3 aromatic carbocycles. The minimum absolute atomic E-state index is 0.125. The summed E-state index contributed by atoms with van der Waals surface area (Å²) in [6, 6.07) is 22.3. The number of anilines is 2. The SMILES string of the molecule is O=C(Nc1ccc2nc(N3CCN(Cc4ccccc4F)CC3)cc(C(=O)O)c2c1)c1ccccc1.